The number of nitrogens with one attached hydrogen (secondary N) is 1. The normalized spacial score (nSPS) is 12.5. The van der Waals surface area contributed by atoms with Gasteiger partial charge < -0.3 is 15.2 Å². The number of nitriles is 1. The number of hydrogen-bond acceptors (Lipinski definition) is 6. The van der Waals surface area contributed by atoms with Crippen LogP contribution in [0.25, 0.3) is 0 Å². The Hall–Kier alpha value is -2.02. The zero-order valence-electron chi connectivity index (χ0n) is 12.0. The molecule has 0 saturated carbocycles. The van der Waals surface area contributed by atoms with E-state index in [4.69, 9.17) is 21.6 Å². The van der Waals surface area contributed by atoms with Gasteiger partial charge in [-0.25, -0.2) is 0 Å². The quantitative estimate of drug-likeness (QED) is 0.805. The van der Waals surface area contributed by atoms with Crippen molar-refractivity contribution in [3.63, 3.8) is 0 Å². The molecule has 0 radical (unpaired) electrons. The molecule has 24 heavy (non-hydrogen) atoms. The Bertz CT molecular complexity index is 746. The summed E-state index contributed by atoms with van der Waals surface area (Å²) >= 11 is 6.68. The van der Waals surface area contributed by atoms with Crippen molar-refractivity contribution < 1.29 is 23.0 Å². The number of alkyl halides is 3. The monoisotopic (exact) mass is 377 g/mol. The summed E-state index contributed by atoms with van der Waals surface area (Å²) in [6, 6.07) is 6.26. The second kappa shape index (κ2) is 7.70. The smallest absolute Gasteiger partial charge is 0.416 e. The molecule has 2 aromatic rings. The van der Waals surface area contributed by atoms with Crippen molar-refractivity contribution in [1.29, 1.82) is 5.26 Å². The van der Waals surface area contributed by atoms with Crippen molar-refractivity contribution in [3.8, 4) is 11.8 Å². The molecule has 0 fully saturated rings. The second-order valence-corrected chi connectivity index (χ2v) is 5.79. The first-order chi connectivity index (χ1) is 11.3. The molecule has 1 unspecified atom stereocenters. The van der Waals surface area contributed by atoms with Crippen LogP contribution in [0.3, 0.4) is 0 Å². The predicted octanol–water partition coefficient (Wildman–Crippen LogP) is 3.54. The molecule has 1 heterocycles. The number of benzene rings is 1. The fourth-order valence-electron chi connectivity index (χ4n) is 1.71. The van der Waals surface area contributed by atoms with E-state index < -0.39 is 17.8 Å². The number of aromatic nitrogens is 1. The van der Waals surface area contributed by atoms with Crippen molar-refractivity contribution in [1.82, 2.24) is 4.37 Å². The van der Waals surface area contributed by atoms with E-state index in [1.807, 2.05) is 6.07 Å². The van der Waals surface area contributed by atoms with Crippen molar-refractivity contribution in [2.75, 3.05) is 18.5 Å². The molecular formula is C14H11ClF3N3O2S. The highest BCUT2D eigenvalue weighted by Gasteiger charge is 2.30. The maximum atomic E-state index is 12.6. The van der Waals surface area contributed by atoms with E-state index in [1.54, 1.807) is 0 Å². The van der Waals surface area contributed by atoms with Crippen molar-refractivity contribution in [2.24, 2.45) is 0 Å². The molecule has 10 heteroatoms. The minimum Gasteiger partial charge on any atom is -0.491 e. The van der Waals surface area contributed by atoms with Gasteiger partial charge in [0.15, 0.2) is 5.15 Å². The molecule has 0 spiro atoms. The number of aliphatic hydroxyl groups is 1. The molecule has 1 aromatic heterocycles. The molecule has 1 aromatic carbocycles. The highest BCUT2D eigenvalue weighted by Crippen LogP contribution is 2.31. The minimum atomic E-state index is -4.46. The topological polar surface area (TPSA) is 78.2 Å². The van der Waals surface area contributed by atoms with Gasteiger partial charge in [0, 0.05) is 6.54 Å². The van der Waals surface area contributed by atoms with Crippen LogP contribution in [0.5, 0.6) is 5.75 Å². The van der Waals surface area contributed by atoms with Gasteiger partial charge in [-0.05, 0) is 29.7 Å². The summed E-state index contributed by atoms with van der Waals surface area (Å²) in [6.45, 7) is -0.200. The van der Waals surface area contributed by atoms with E-state index in [2.05, 4.69) is 9.69 Å². The van der Waals surface area contributed by atoms with Crippen LogP contribution in [0.2, 0.25) is 5.15 Å². The van der Waals surface area contributed by atoms with Crippen LogP contribution in [-0.4, -0.2) is 28.7 Å². The molecule has 1 atom stereocenters. The number of nitrogens with zero attached hydrogens (tertiary/aromatic N) is 2. The van der Waals surface area contributed by atoms with Crippen LogP contribution in [0, 0.1) is 11.3 Å². The molecule has 0 aliphatic rings. The molecule has 0 bridgehead atoms. The number of halogens is 4. The molecule has 0 aliphatic carbocycles. The molecule has 2 rings (SSSR count). The van der Waals surface area contributed by atoms with Crippen LogP contribution in [0.1, 0.15) is 11.1 Å². The van der Waals surface area contributed by atoms with Gasteiger partial charge in [0.05, 0.1) is 5.56 Å². The fraction of sp³-hybridized carbons (Fsp3) is 0.286. The molecule has 0 saturated heterocycles. The lowest BCUT2D eigenvalue weighted by atomic mass is 10.2. The van der Waals surface area contributed by atoms with Gasteiger partial charge in [-0.2, -0.15) is 22.8 Å². The Balaban J connectivity index is 1.87. The van der Waals surface area contributed by atoms with E-state index in [0.29, 0.717) is 5.00 Å². The van der Waals surface area contributed by atoms with Crippen LogP contribution in [-0.2, 0) is 6.18 Å². The zero-order valence-corrected chi connectivity index (χ0v) is 13.5. The summed E-state index contributed by atoms with van der Waals surface area (Å²) in [6.07, 6.45) is -5.47. The van der Waals surface area contributed by atoms with Crippen molar-refractivity contribution in [2.45, 2.75) is 12.3 Å². The standard InChI is InChI=1S/C14H11ClF3N3O2S/c15-12-11(5-19)13(24-21-12)20-6-9(22)7-23-10-3-1-2-8(4-10)14(16,17)18/h1-4,9,20,22H,6-7H2. The third-order valence-electron chi connectivity index (χ3n) is 2.86. The lowest BCUT2D eigenvalue weighted by molar-refractivity contribution is -0.137. The average Bonchev–Trinajstić information content (AvgIpc) is 2.90. The van der Waals surface area contributed by atoms with Gasteiger partial charge in [-0.15, -0.1) is 0 Å². The van der Waals surface area contributed by atoms with Gasteiger partial charge in [-0.3, -0.25) is 0 Å². The Morgan fingerprint density at radius 3 is 2.88 bits per heavy atom. The molecule has 2 N–H and O–H groups in total. The van der Waals surface area contributed by atoms with Gasteiger partial charge in [0.1, 0.15) is 35.1 Å². The summed E-state index contributed by atoms with van der Waals surface area (Å²) in [5.74, 6) is 0.00224. The first-order valence-electron chi connectivity index (χ1n) is 6.58. The molecular weight excluding hydrogens is 367 g/mol. The minimum absolute atomic E-state index is 0.00224. The molecule has 5 nitrogen and oxygen atoms in total. The van der Waals surface area contributed by atoms with E-state index in [0.717, 1.165) is 23.7 Å². The number of rotatable bonds is 6. The number of ether oxygens (including phenoxy) is 1. The van der Waals surface area contributed by atoms with Gasteiger partial charge in [0.25, 0.3) is 0 Å². The molecule has 128 valence electrons. The van der Waals surface area contributed by atoms with Crippen LogP contribution in [0.15, 0.2) is 24.3 Å². The van der Waals surface area contributed by atoms with Crippen LogP contribution in [0.4, 0.5) is 18.2 Å². The first kappa shape index (κ1) is 18.3. The summed E-state index contributed by atoms with van der Waals surface area (Å²) in [5, 5.41) is 22.0. The average molecular weight is 378 g/mol. The summed E-state index contributed by atoms with van der Waals surface area (Å²) in [7, 11) is 0. The maximum Gasteiger partial charge on any atom is 0.416 e. The first-order valence-corrected chi connectivity index (χ1v) is 7.73. The third-order valence-corrected chi connectivity index (χ3v) is 4.04. The van der Waals surface area contributed by atoms with Crippen molar-refractivity contribution in [3.05, 3.63) is 40.5 Å². The number of aliphatic hydroxyl groups excluding tert-OH is 1. The lowest BCUT2D eigenvalue weighted by Gasteiger charge is -2.14. The molecule has 0 amide bonds. The third kappa shape index (κ3) is 4.74. The SMILES string of the molecule is N#Cc1c(Cl)nsc1NCC(O)COc1cccc(C(F)(F)F)c1. The van der Waals surface area contributed by atoms with Crippen molar-refractivity contribution >= 4 is 28.1 Å². The van der Waals surface area contributed by atoms with E-state index in [9.17, 15) is 18.3 Å². The van der Waals surface area contributed by atoms with E-state index in [1.165, 1.54) is 12.1 Å². The number of hydrogen-bond donors (Lipinski definition) is 2. The fourth-order valence-corrected chi connectivity index (χ4v) is 2.65. The highest BCUT2D eigenvalue weighted by atomic mass is 35.5. The second-order valence-electron chi connectivity index (χ2n) is 4.66. The largest absolute Gasteiger partial charge is 0.491 e. The Labute approximate surface area is 144 Å². The molecule has 0 aliphatic heterocycles. The summed E-state index contributed by atoms with van der Waals surface area (Å²) < 4.78 is 46.7. The predicted molar refractivity (Wildman–Crippen MR) is 83.3 cm³/mol. The Morgan fingerprint density at radius 2 is 2.21 bits per heavy atom. The van der Waals surface area contributed by atoms with Gasteiger partial charge in [-0.1, -0.05) is 17.7 Å². The Morgan fingerprint density at radius 1 is 1.46 bits per heavy atom. The summed E-state index contributed by atoms with van der Waals surface area (Å²) in [5.41, 5.74) is -0.654. The highest BCUT2D eigenvalue weighted by molar-refractivity contribution is 7.10. The maximum absolute atomic E-state index is 12.6. The van der Waals surface area contributed by atoms with Gasteiger partial charge in [0.2, 0.25) is 0 Å². The Kier molecular flexibility index (Phi) is 5.88. The lowest BCUT2D eigenvalue weighted by Crippen LogP contribution is -2.26. The van der Waals surface area contributed by atoms with E-state index in [-0.39, 0.29) is 29.6 Å². The zero-order chi connectivity index (χ0) is 17.7. The van der Waals surface area contributed by atoms with E-state index >= 15 is 0 Å². The van der Waals surface area contributed by atoms with Gasteiger partial charge >= 0.3 is 6.18 Å². The summed E-state index contributed by atoms with van der Waals surface area (Å²) in [4.78, 5) is 0. The van der Waals surface area contributed by atoms with Crippen LogP contribution >= 0.6 is 23.1 Å². The van der Waals surface area contributed by atoms with Crippen LogP contribution < -0.4 is 10.1 Å². The number of anilines is 1.